The number of aromatic nitrogens is 3. The fourth-order valence-corrected chi connectivity index (χ4v) is 18.6. The van der Waals surface area contributed by atoms with Crippen molar-refractivity contribution in [3.63, 3.8) is 0 Å². The van der Waals surface area contributed by atoms with E-state index in [9.17, 15) is 0 Å². The zero-order chi connectivity index (χ0) is 78.7. The fraction of sp³-hybridized carbons (Fsp3) is 0. The number of hydrogen-bond donors (Lipinski definition) is 0. The van der Waals surface area contributed by atoms with Gasteiger partial charge < -0.3 is 13.7 Å². The summed E-state index contributed by atoms with van der Waals surface area (Å²) in [5.74, 6) is 0. The summed E-state index contributed by atoms with van der Waals surface area (Å²) >= 11 is 0. The van der Waals surface area contributed by atoms with E-state index >= 15 is 0 Å². The lowest BCUT2D eigenvalue weighted by atomic mass is 9.83. The van der Waals surface area contributed by atoms with Gasteiger partial charge in [-0.15, -0.1) is 0 Å². The third-order valence-electron chi connectivity index (χ3n) is 24.2. The standard InChI is InChI=1S/C66H44N2.C50H33N/c1-5-19-45(20-6-1)51-39-63(49-25-9-3-10-26-49)67(43-51)53-35-37-59-61(41-53)65(57-33-17-29-47-23-13-15-31-55(47)57)60-38-36-54(42-62(60)66(59)58-34-18-30-48-24-14-16-32-56(48)58)68-44-52(46-21-7-2-8-22-46)40-64(68)50-27-11-4-12-28-50;1-3-15-34(16-4-1)38-31-48(37-19-5-2-6-20-37)51(33-38)39-29-30-46-47(32-39)50(43-28-14-22-36-18-8-10-24-41(36)43)45-26-12-11-25-44(45)49(46)42-27-13-21-35-17-7-9-23-40(35)42/h1-44H;1-33H. The molecule has 3 heteroatoms. The first-order chi connectivity index (χ1) is 59.0. The molecule has 0 aliphatic rings. The van der Waals surface area contributed by atoms with Crippen LogP contribution in [0.3, 0.4) is 0 Å². The van der Waals surface area contributed by atoms with Gasteiger partial charge in [-0.05, 0) is 219 Å². The molecule has 23 aromatic rings. The first-order valence-corrected chi connectivity index (χ1v) is 41.0. The Morgan fingerprint density at radius 1 is 0.126 bits per heavy atom. The highest BCUT2D eigenvalue weighted by atomic mass is 15.0. The maximum Gasteiger partial charge on any atom is 0.0534 e. The Hall–Kier alpha value is -15.7. The zero-order valence-corrected chi connectivity index (χ0v) is 65.3. The molecule has 0 amide bonds. The van der Waals surface area contributed by atoms with Crippen LogP contribution in [0.15, 0.2) is 468 Å². The van der Waals surface area contributed by atoms with Crippen molar-refractivity contribution in [2.24, 2.45) is 0 Å². The summed E-state index contributed by atoms with van der Waals surface area (Å²) in [6.45, 7) is 0. The number of nitrogens with zero attached hydrogens (tertiary/aromatic N) is 3. The molecule has 3 heterocycles. The van der Waals surface area contributed by atoms with Gasteiger partial charge >= 0.3 is 0 Å². The second-order valence-electron chi connectivity index (χ2n) is 31.0. The highest BCUT2D eigenvalue weighted by molar-refractivity contribution is 6.28. The Morgan fingerprint density at radius 2 is 0.328 bits per heavy atom. The average Bonchev–Trinajstić information content (AvgIpc) is 1.22. The highest BCUT2D eigenvalue weighted by Crippen LogP contribution is 2.51. The Bertz CT molecular complexity index is 7520. The van der Waals surface area contributed by atoms with Crippen molar-refractivity contribution < 1.29 is 0 Å². The largest absolute Gasteiger partial charge is 0.316 e. The molecule has 0 atom stereocenters. The molecule has 0 N–H and O–H groups in total. The van der Waals surface area contributed by atoms with E-state index in [1.807, 2.05) is 0 Å². The van der Waals surface area contributed by atoms with Gasteiger partial charge in [-0.25, -0.2) is 0 Å². The van der Waals surface area contributed by atoms with Crippen LogP contribution < -0.4 is 0 Å². The fourth-order valence-electron chi connectivity index (χ4n) is 18.6. The van der Waals surface area contributed by atoms with Crippen LogP contribution in [0, 0.1) is 0 Å². The van der Waals surface area contributed by atoms with Crippen molar-refractivity contribution >= 4 is 86.2 Å². The molecule has 556 valence electrons. The van der Waals surface area contributed by atoms with Gasteiger partial charge in [-0.1, -0.05) is 394 Å². The maximum absolute atomic E-state index is 2.45. The first-order valence-electron chi connectivity index (χ1n) is 41.0. The Balaban J connectivity index is 0.000000149. The van der Waals surface area contributed by atoms with Crippen molar-refractivity contribution in [2.75, 3.05) is 0 Å². The van der Waals surface area contributed by atoms with Crippen molar-refractivity contribution in [1.29, 1.82) is 0 Å². The van der Waals surface area contributed by atoms with Gasteiger partial charge in [-0.2, -0.15) is 0 Å². The van der Waals surface area contributed by atoms with Crippen LogP contribution in [0.1, 0.15) is 0 Å². The highest BCUT2D eigenvalue weighted by Gasteiger charge is 2.26. The molecular weight excluding hydrogens is 1440 g/mol. The van der Waals surface area contributed by atoms with E-state index in [2.05, 4.69) is 481 Å². The minimum atomic E-state index is 1.10. The van der Waals surface area contributed by atoms with Gasteiger partial charge in [0.2, 0.25) is 0 Å². The molecule has 0 spiro atoms. The summed E-state index contributed by atoms with van der Waals surface area (Å²) in [5.41, 5.74) is 27.4. The summed E-state index contributed by atoms with van der Waals surface area (Å²) in [4.78, 5) is 0. The molecule has 0 saturated heterocycles. The van der Waals surface area contributed by atoms with Gasteiger partial charge in [0, 0.05) is 52.3 Å². The number of rotatable bonds is 13. The molecule has 3 nitrogen and oxygen atoms in total. The molecule has 0 saturated carbocycles. The van der Waals surface area contributed by atoms with Gasteiger partial charge in [0.1, 0.15) is 0 Å². The Morgan fingerprint density at radius 3 is 0.588 bits per heavy atom. The van der Waals surface area contributed by atoms with Crippen molar-refractivity contribution in [3.8, 4) is 129 Å². The quantitative estimate of drug-likeness (QED) is 0.102. The van der Waals surface area contributed by atoms with Crippen LogP contribution in [-0.4, -0.2) is 13.7 Å². The van der Waals surface area contributed by atoms with Gasteiger partial charge in [-0.3, -0.25) is 0 Å². The lowest BCUT2D eigenvalue weighted by molar-refractivity contribution is 1.09. The minimum absolute atomic E-state index is 1.10. The lowest BCUT2D eigenvalue weighted by Gasteiger charge is -2.22. The number of hydrogen-bond acceptors (Lipinski definition) is 0. The van der Waals surface area contributed by atoms with E-state index in [1.54, 1.807) is 0 Å². The van der Waals surface area contributed by atoms with Gasteiger partial charge in [0.15, 0.2) is 0 Å². The van der Waals surface area contributed by atoms with E-state index in [0.717, 1.165) is 34.1 Å². The van der Waals surface area contributed by atoms with Crippen LogP contribution in [0.5, 0.6) is 0 Å². The Labute approximate surface area is 691 Å². The predicted molar refractivity (Wildman–Crippen MR) is 505 cm³/mol. The van der Waals surface area contributed by atoms with Crippen molar-refractivity contribution in [1.82, 2.24) is 13.7 Å². The summed E-state index contributed by atoms with van der Waals surface area (Å²) in [7, 11) is 0. The third kappa shape index (κ3) is 12.6. The van der Waals surface area contributed by atoms with Crippen LogP contribution in [-0.2, 0) is 0 Å². The second-order valence-corrected chi connectivity index (χ2v) is 31.0. The van der Waals surface area contributed by atoms with Gasteiger partial charge in [0.25, 0.3) is 0 Å². The predicted octanol–water partition coefficient (Wildman–Crippen LogP) is 31.6. The molecule has 23 rings (SSSR count). The molecular formula is C116H77N3. The molecule has 3 aromatic heterocycles. The summed E-state index contributed by atoms with van der Waals surface area (Å²) in [5, 5.41) is 19.7. The Kier molecular flexibility index (Phi) is 17.6. The number of fused-ring (bicyclic) bond motifs is 8. The van der Waals surface area contributed by atoms with Crippen LogP contribution in [0.4, 0.5) is 0 Å². The van der Waals surface area contributed by atoms with Crippen LogP contribution in [0.25, 0.3) is 215 Å². The molecule has 0 bridgehead atoms. The molecule has 0 aliphatic carbocycles. The molecule has 0 radical (unpaired) electrons. The number of benzene rings is 20. The van der Waals surface area contributed by atoms with E-state index in [0.29, 0.717) is 0 Å². The monoisotopic (exact) mass is 1510 g/mol. The summed E-state index contributed by atoms with van der Waals surface area (Å²) < 4.78 is 7.14. The van der Waals surface area contributed by atoms with Crippen molar-refractivity contribution in [2.45, 2.75) is 0 Å². The van der Waals surface area contributed by atoms with E-state index in [4.69, 9.17) is 0 Å². The first kappa shape index (κ1) is 70.0. The van der Waals surface area contributed by atoms with E-state index < -0.39 is 0 Å². The molecule has 20 aromatic carbocycles. The topological polar surface area (TPSA) is 14.8 Å². The normalized spacial score (nSPS) is 11.5. The van der Waals surface area contributed by atoms with E-state index in [1.165, 1.54) is 181 Å². The molecule has 0 unspecified atom stereocenters. The van der Waals surface area contributed by atoms with Crippen molar-refractivity contribution in [3.05, 3.63) is 468 Å². The van der Waals surface area contributed by atoms with Crippen LogP contribution >= 0.6 is 0 Å². The molecule has 0 aliphatic heterocycles. The zero-order valence-electron chi connectivity index (χ0n) is 65.3. The lowest BCUT2D eigenvalue weighted by Crippen LogP contribution is -1.99. The summed E-state index contributed by atoms with van der Waals surface area (Å²) in [6.07, 6.45) is 6.91. The minimum Gasteiger partial charge on any atom is -0.316 e. The van der Waals surface area contributed by atoms with E-state index in [-0.39, 0.29) is 0 Å². The van der Waals surface area contributed by atoms with Gasteiger partial charge in [0.05, 0.1) is 17.1 Å². The summed E-state index contributed by atoms with van der Waals surface area (Å²) in [6, 6.07) is 164. The second kappa shape index (κ2) is 29.9. The maximum atomic E-state index is 2.45. The molecule has 0 fully saturated rings. The third-order valence-corrected chi connectivity index (χ3v) is 24.2. The van der Waals surface area contributed by atoms with Crippen LogP contribution in [0.2, 0.25) is 0 Å². The smallest absolute Gasteiger partial charge is 0.0534 e. The average molecular weight is 1510 g/mol. The molecule has 119 heavy (non-hydrogen) atoms. The SMILES string of the molecule is c1ccc(-c2cc(-c3ccccc3)n(-c3ccc4c(-c5cccc6ccccc56)c5cc(-n6cc(-c7ccccc7)cc6-c6ccccc6)ccc5c(-c5cccc6ccccc56)c4c3)c2)cc1.c1ccc(-c2cc(-c3ccccc3)n(-c3ccc4c(-c5cccc6ccccc56)c5ccccc5c(-c5cccc6ccccc56)c4c3)c2)cc1.